The molecule has 2 heterocycles. The van der Waals surface area contributed by atoms with Gasteiger partial charge in [-0.15, -0.1) is 11.3 Å². The van der Waals surface area contributed by atoms with Crippen molar-refractivity contribution in [2.24, 2.45) is 0 Å². The summed E-state index contributed by atoms with van der Waals surface area (Å²) in [4.78, 5) is 12.7. The molecule has 1 amide bonds. The van der Waals surface area contributed by atoms with Gasteiger partial charge in [0.25, 0.3) is 10.0 Å². The Labute approximate surface area is 184 Å². The minimum Gasteiger partial charge on any atom is -0.495 e. The van der Waals surface area contributed by atoms with E-state index in [0.29, 0.717) is 17.2 Å². The summed E-state index contributed by atoms with van der Waals surface area (Å²) >= 11 is 1.09. The molecule has 31 heavy (non-hydrogen) atoms. The SMILES string of the molecule is COc1ccccc1N(CC(=O)NCc1ccc2c(c1)OCO2)S(=O)(=O)c1cccs1. The van der Waals surface area contributed by atoms with Crippen molar-refractivity contribution in [1.82, 2.24) is 5.32 Å². The molecule has 0 unspecified atom stereocenters. The van der Waals surface area contributed by atoms with Crippen LogP contribution in [0.3, 0.4) is 0 Å². The second-order valence-electron chi connectivity index (χ2n) is 6.58. The summed E-state index contributed by atoms with van der Waals surface area (Å²) in [6.07, 6.45) is 0. The minimum absolute atomic E-state index is 0.141. The van der Waals surface area contributed by atoms with Crippen LogP contribution in [0.2, 0.25) is 0 Å². The molecule has 3 aromatic rings. The van der Waals surface area contributed by atoms with Crippen LogP contribution in [0.1, 0.15) is 5.56 Å². The number of carbonyl (C=O) groups excluding carboxylic acids is 1. The Morgan fingerprint density at radius 1 is 1.13 bits per heavy atom. The van der Waals surface area contributed by atoms with Crippen molar-refractivity contribution in [3.63, 3.8) is 0 Å². The monoisotopic (exact) mass is 460 g/mol. The Kier molecular flexibility index (Phi) is 6.01. The molecule has 0 spiro atoms. The fourth-order valence-corrected chi connectivity index (χ4v) is 5.63. The Morgan fingerprint density at radius 3 is 2.71 bits per heavy atom. The van der Waals surface area contributed by atoms with Crippen LogP contribution in [-0.4, -0.2) is 34.8 Å². The van der Waals surface area contributed by atoms with Gasteiger partial charge in [0.2, 0.25) is 12.7 Å². The predicted octanol–water partition coefficient (Wildman–Crippen LogP) is 3.00. The third-order valence-corrected chi connectivity index (χ3v) is 7.74. The van der Waals surface area contributed by atoms with Crippen molar-refractivity contribution < 1.29 is 27.4 Å². The highest BCUT2D eigenvalue weighted by atomic mass is 32.2. The number of ether oxygens (including phenoxy) is 3. The number of para-hydroxylation sites is 2. The summed E-state index contributed by atoms with van der Waals surface area (Å²) in [7, 11) is -2.50. The summed E-state index contributed by atoms with van der Waals surface area (Å²) in [5.74, 6) is 1.16. The first-order valence-electron chi connectivity index (χ1n) is 9.33. The molecule has 1 N–H and O–H groups in total. The summed E-state index contributed by atoms with van der Waals surface area (Å²) in [5, 5.41) is 4.44. The molecule has 2 aromatic carbocycles. The van der Waals surface area contributed by atoms with Crippen molar-refractivity contribution in [2.75, 3.05) is 24.8 Å². The Morgan fingerprint density at radius 2 is 1.94 bits per heavy atom. The number of methoxy groups -OCH3 is 1. The number of benzene rings is 2. The molecule has 0 aliphatic carbocycles. The molecule has 1 aromatic heterocycles. The molecular formula is C21H20N2O6S2. The van der Waals surface area contributed by atoms with Gasteiger partial charge < -0.3 is 19.5 Å². The predicted molar refractivity (Wildman–Crippen MR) is 116 cm³/mol. The smallest absolute Gasteiger partial charge is 0.274 e. The van der Waals surface area contributed by atoms with Crippen molar-refractivity contribution in [3.05, 3.63) is 65.5 Å². The molecule has 0 saturated carbocycles. The van der Waals surface area contributed by atoms with E-state index in [2.05, 4.69) is 5.32 Å². The molecule has 0 atom stereocenters. The quantitative estimate of drug-likeness (QED) is 0.555. The molecular weight excluding hydrogens is 440 g/mol. The number of nitrogens with one attached hydrogen (secondary N) is 1. The fourth-order valence-electron chi connectivity index (χ4n) is 3.09. The van der Waals surface area contributed by atoms with E-state index in [1.807, 2.05) is 6.07 Å². The average Bonchev–Trinajstić information content (AvgIpc) is 3.48. The van der Waals surface area contributed by atoms with Gasteiger partial charge in [-0.3, -0.25) is 9.10 Å². The van der Waals surface area contributed by atoms with Gasteiger partial charge in [0.05, 0.1) is 12.8 Å². The van der Waals surface area contributed by atoms with Crippen LogP contribution in [0.15, 0.2) is 64.2 Å². The van der Waals surface area contributed by atoms with Crippen LogP contribution in [0.5, 0.6) is 17.2 Å². The maximum atomic E-state index is 13.3. The first kappa shape index (κ1) is 21.0. The maximum absolute atomic E-state index is 13.3. The Balaban J connectivity index is 1.55. The molecule has 0 radical (unpaired) electrons. The lowest BCUT2D eigenvalue weighted by Gasteiger charge is -2.25. The number of hydrogen-bond donors (Lipinski definition) is 1. The number of nitrogens with zero attached hydrogens (tertiary/aromatic N) is 1. The van der Waals surface area contributed by atoms with Crippen molar-refractivity contribution >= 4 is 33.0 Å². The van der Waals surface area contributed by atoms with Gasteiger partial charge in [0.1, 0.15) is 16.5 Å². The number of fused-ring (bicyclic) bond motifs is 1. The molecule has 0 saturated heterocycles. The molecule has 162 valence electrons. The summed E-state index contributed by atoms with van der Waals surface area (Å²) in [6, 6.07) is 15.2. The summed E-state index contributed by atoms with van der Waals surface area (Å²) < 4.78 is 43.7. The van der Waals surface area contributed by atoms with Crippen molar-refractivity contribution in [2.45, 2.75) is 10.8 Å². The van der Waals surface area contributed by atoms with Crippen LogP contribution < -0.4 is 23.8 Å². The molecule has 1 aliphatic heterocycles. The van der Waals surface area contributed by atoms with Crippen LogP contribution in [0, 0.1) is 0 Å². The molecule has 1 aliphatic rings. The highest BCUT2D eigenvalue weighted by Gasteiger charge is 2.30. The third-order valence-electron chi connectivity index (χ3n) is 4.61. The minimum atomic E-state index is -3.95. The van der Waals surface area contributed by atoms with Gasteiger partial charge in [-0.1, -0.05) is 24.3 Å². The first-order valence-corrected chi connectivity index (χ1v) is 11.7. The maximum Gasteiger partial charge on any atom is 0.274 e. The van der Waals surface area contributed by atoms with Gasteiger partial charge in [-0.25, -0.2) is 8.42 Å². The molecule has 0 bridgehead atoms. The van der Waals surface area contributed by atoms with Crippen LogP contribution in [0.25, 0.3) is 0 Å². The second kappa shape index (κ2) is 8.86. The number of hydrogen-bond acceptors (Lipinski definition) is 7. The van der Waals surface area contributed by atoms with Crippen LogP contribution in [-0.2, 0) is 21.4 Å². The van der Waals surface area contributed by atoms with E-state index in [9.17, 15) is 13.2 Å². The van der Waals surface area contributed by atoms with Gasteiger partial charge in [-0.05, 0) is 41.3 Å². The number of anilines is 1. The zero-order valence-corrected chi connectivity index (χ0v) is 18.2. The summed E-state index contributed by atoms with van der Waals surface area (Å²) in [5.41, 5.74) is 1.10. The normalized spacial score (nSPS) is 12.4. The van der Waals surface area contributed by atoms with Crippen molar-refractivity contribution in [3.8, 4) is 17.2 Å². The molecule has 0 fully saturated rings. The topological polar surface area (TPSA) is 94.2 Å². The zero-order chi connectivity index (χ0) is 21.8. The lowest BCUT2D eigenvalue weighted by Crippen LogP contribution is -2.40. The van der Waals surface area contributed by atoms with Gasteiger partial charge in [-0.2, -0.15) is 0 Å². The van der Waals surface area contributed by atoms with E-state index >= 15 is 0 Å². The molecule has 4 rings (SSSR count). The second-order valence-corrected chi connectivity index (χ2v) is 9.62. The van der Waals surface area contributed by atoms with E-state index in [4.69, 9.17) is 14.2 Å². The summed E-state index contributed by atoms with van der Waals surface area (Å²) in [6.45, 7) is -0.0148. The third kappa shape index (κ3) is 4.44. The molecule has 10 heteroatoms. The zero-order valence-electron chi connectivity index (χ0n) is 16.6. The first-order chi connectivity index (χ1) is 15.0. The highest BCUT2D eigenvalue weighted by Crippen LogP contribution is 2.34. The largest absolute Gasteiger partial charge is 0.495 e. The number of amides is 1. The van der Waals surface area contributed by atoms with E-state index < -0.39 is 22.5 Å². The van der Waals surface area contributed by atoms with Gasteiger partial charge in [0, 0.05) is 6.54 Å². The van der Waals surface area contributed by atoms with Crippen LogP contribution >= 0.6 is 11.3 Å². The lowest BCUT2D eigenvalue weighted by molar-refractivity contribution is -0.119. The lowest BCUT2D eigenvalue weighted by atomic mass is 10.2. The number of rotatable bonds is 8. The number of sulfonamides is 1. The molecule has 8 nitrogen and oxygen atoms in total. The van der Waals surface area contributed by atoms with Crippen LogP contribution in [0.4, 0.5) is 5.69 Å². The Hall–Kier alpha value is -3.24. The van der Waals surface area contributed by atoms with E-state index in [0.717, 1.165) is 21.2 Å². The van der Waals surface area contributed by atoms with E-state index in [1.54, 1.807) is 47.8 Å². The van der Waals surface area contributed by atoms with E-state index in [-0.39, 0.29) is 23.2 Å². The Bertz CT molecular complexity index is 1180. The average molecular weight is 461 g/mol. The number of carbonyl (C=O) groups is 1. The van der Waals surface area contributed by atoms with Gasteiger partial charge >= 0.3 is 0 Å². The number of thiophene rings is 1. The van der Waals surface area contributed by atoms with E-state index in [1.165, 1.54) is 13.2 Å². The fraction of sp³-hybridized carbons (Fsp3) is 0.190. The standard InChI is InChI=1S/C21H20N2O6S2/c1-27-17-6-3-2-5-16(17)23(31(25,26)21-7-4-10-30-21)13-20(24)22-12-15-8-9-18-19(11-15)29-14-28-18/h2-11H,12-14H2,1H3,(H,22,24). The highest BCUT2D eigenvalue weighted by molar-refractivity contribution is 7.94. The van der Waals surface area contributed by atoms with Gasteiger partial charge in [0.15, 0.2) is 11.5 Å². The van der Waals surface area contributed by atoms with Crippen molar-refractivity contribution in [1.29, 1.82) is 0 Å².